The van der Waals surface area contributed by atoms with Crippen LogP contribution in [0.1, 0.15) is 57.3 Å². The first-order valence-corrected chi connectivity index (χ1v) is 8.29. The minimum absolute atomic E-state index is 0.0379. The van der Waals surface area contributed by atoms with Crippen LogP contribution in [0.3, 0.4) is 0 Å². The topological polar surface area (TPSA) is 53.8 Å². The summed E-state index contributed by atoms with van der Waals surface area (Å²) >= 11 is 5.40. The zero-order valence-corrected chi connectivity index (χ0v) is 12.8. The summed E-state index contributed by atoms with van der Waals surface area (Å²) in [7, 11) is 0. The van der Waals surface area contributed by atoms with E-state index in [1.165, 1.54) is 38.5 Å². The molecule has 1 aromatic rings. The van der Waals surface area contributed by atoms with Gasteiger partial charge in [0.1, 0.15) is 6.61 Å². The van der Waals surface area contributed by atoms with Gasteiger partial charge in [-0.25, -0.2) is 0 Å². The Bertz CT molecular complexity index is 541. The molecule has 4 saturated carbocycles. The van der Waals surface area contributed by atoms with E-state index in [1.54, 1.807) is 0 Å². The lowest BCUT2D eigenvalue weighted by Gasteiger charge is -2.59. The van der Waals surface area contributed by atoms with Gasteiger partial charge < -0.3 is 5.11 Å². The highest BCUT2D eigenvalue weighted by Gasteiger charge is 2.53. The van der Waals surface area contributed by atoms with Crippen LogP contribution in [-0.4, -0.2) is 19.9 Å². The number of aliphatic hydroxyl groups is 1. The van der Waals surface area contributed by atoms with Gasteiger partial charge in [-0.3, -0.25) is 9.67 Å². The van der Waals surface area contributed by atoms with Crippen LogP contribution in [0.15, 0.2) is 0 Å². The molecule has 0 aliphatic heterocycles. The molecule has 0 spiro atoms. The zero-order valence-electron chi connectivity index (χ0n) is 12.0. The number of hydrogen-bond acceptors (Lipinski definition) is 3. The molecule has 4 bridgehead atoms. The van der Waals surface area contributed by atoms with Crippen LogP contribution in [-0.2, 0) is 6.61 Å². The van der Waals surface area contributed by atoms with Gasteiger partial charge in [-0.1, -0.05) is 0 Å². The van der Waals surface area contributed by atoms with Crippen molar-refractivity contribution in [1.29, 1.82) is 0 Å². The number of aliphatic hydroxyl groups excluding tert-OH is 1. The van der Waals surface area contributed by atoms with Crippen LogP contribution in [0.2, 0.25) is 0 Å². The van der Waals surface area contributed by atoms with Gasteiger partial charge >= 0.3 is 0 Å². The lowest BCUT2D eigenvalue weighted by molar-refractivity contribution is -0.0799. The molecule has 4 aliphatic rings. The highest BCUT2D eigenvalue weighted by atomic mass is 32.1. The van der Waals surface area contributed by atoms with Crippen LogP contribution < -0.4 is 0 Å². The maximum atomic E-state index is 9.51. The molecule has 1 unspecified atom stereocenters. The van der Waals surface area contributed by atoms with Gasteiger partial charge in [-0.05, 0) is 80.8 Å². The molecule has 4 nitrogen and oxygen atoms in total. The third kappa shape index (κ3) is 1.75. The molecule has 0 radical (unpaired) electrons. The number of H-pyrrole nitrogens is 1. The van der Waals surface area contributed by atoms with Gasteiger partial charge in [0.25, 0.3) is 0 Å². The minimum Gasteiger partial charge on any atom is -0.388 e. The van der Waals surface area contributed by atoms with Crippen molar-refractivity contribution in [2.75, 3.05) is 0 Å². The van der Waals surface area contributed by atoms with Gasteiger partial charge in [-0.2, -0.15) is 5.10 Å². The van der Waals surface area contributed by atoms with E-state index >= 15 is 0 Å². The van der Waals surface area contributed by atoms with Crippen LogP contribution in [0.5, 0.6) is 0 Å². The van der Waals surface area contributed by atoms with E-state index in [0.29, 0.717) is 22.1 Å². The molecular weight excluding hydrogens is 270 g/mol. The normalized spacial score (nSPS) is 40.2. The van der Waals surface area contributed by atoms with Crippen LogP contribution in [0.25, 0.3) is 0 Å². The number of nitrogens with one attached hydrogen (secondary N) is 1. The van der Waals surface area contributed by atoms with Gasteiger partial charge in [0, 0.05) is 6.04 Å². The summed E-state index contributed by atoms with van der Waals surface area (Å²) < 4.78 is 2.75. The fraction of sp³-hybridized carbons (Fsp3) is 0.867. The molecule has 20 heavy (non-hydrogen) atoms. The first-order chi connectivity index (χ1) is 9.61. The molecule has 1 atom stereocenters. The van der Waals surface area contributed by atoms with E-state index in [4.69, 9.17) is 12.2 Å². The van der Waals surface area contributed by atoms with E-state index < -0.39 is 0 Å². The van der Waals surface area contributed by atoms with E-state index in [9.17, 15) is 5.11 Å². The quantitative estimate of drug-likeness (QED) is 0.841. The highest BCUT2D eigenvalue weighted by molar-refractivity contribution is 7.71. The number of rotatable bonds is 3. The van der Waals surface area contributed by atoms with Crippen molar-refractivity contribution in [2.24, 2.45) is 23.2 Å². The van der Waals surface area contributed by atoms with Crippen molar-refractivity contribution in [1.82, 2.24) is 14.8 Å². The number of aromatic amines is 1. The summed E-state index contributed by atoms with van der Waals surface area (Å²) in [6.07, 6.45) is 8.40. The molecule has 0 saturated heterocycles. The van der Waals surface area contributed by atoms with E-state index in [0.717, 1.165) is 17.8 Å². The smallest absolute Gasteiger partial charge is 0.195 e. The molecule has 0 aromatic carbocycles. The second kappa shape index (κ2) is 4.41. The molecule has 110 valence electrons. The summed E-state index contributed by atoms with van der Waals surface area (Å²) in [5.41, 5.74) is 0.390. The van der Waals surface area contributed by atoms with Crippen molar-refractivity contribution in [3.05, 3.63) is 10.6 Å². The summed E-state index contributed by atoms with van der Waals surface area (Å²) in [6.45, 7) is 2.25. The van der Waals surface area contributed by atoms with E-state index in [-0.39, 0.29) is 6.61 Å². The lowest BCUT2D eigenvalue weighted by Crippen LogP contribution is -2.49. The first kappa shape index (κ1) is 13.0. The van der Waals surface area contributed by atoms with Crippen molar-refractivity contribution < 1.29 is 5.11 Å². The monoisotopic (exact) mass is 293 g/mol. The fourth-order valence-corrected chi connectivity index (χ4v) is 6.12. The Hall–Kier alpha value is -0.680. The number of aromatic nitrogens is 3. The molecular formula is C15H23N3OS. The summed E-state index contributed by atoms with van der Waals surface area (Å²) in [6, 6.07) is 0.351. The maximum absolute atomic E-state index is 9.51. The van der Waals surface area contributed by atoms with Gasteiger partial charge in [0.2, 0.25) is 0 Å². The van der Waals surface area contributed by atoms with Crippen LogP contribution in [0.4, 0.5) is 0 Å². The van der Waals surface area contributed by atoms with Crippen molar-refractivity contribution in [3.63, 3.8) is 0 Å². The first-order valence-electron chi connectivity index (χ1n) is 7.88. The Morgan fingerprint density at radius 3 is 2.35 bits per heavy atom. The Labute approximate surface area is 124 Å². The SMILES string of the molecule is CC(n1c(CO)n[nH]c1=S)C12CC3CC(CC(C3)C1)C2. The molecule has 4 fully saturated rings. The average Bonchev–Trinajstić information content (AvgIpc) is 2.77. The second-order valence-corrected chi connectivity index (χ2v) is 7.82. The highest BCUT2D eigenvalue weighted by Crippen LogP contribution is 2.63. The number of nitrogens with zero attached hydrogens (tertiary/aromatic N) is 2. The third-order valence-corrected chi connectivity index (χ3v) is 6.57. The largest absolute Gasteiger partial charge is 0.388 e. The standard InChI is InChI=1S/C15H23N3OS/c1-9(18-13(8-19)16-17-14(18)20)15-5-10-2-11(6-15)4-12(3-10)7-15/h9-12,19H,2-8H2,1H3,(H,17,20). The summed E-state index contributed by atoms with van der Waals surface area (Å²) in [5, 5.41) is 16.5. The molecule has 0 amide bonds. The third-order valence-electron chi connectivity index (χ3n) is 6.28. The van der Waals surface area contributed by atoms with Crippen molar-refractivity contribution in [3.8, 4) is 0 Å². The summed E-state index contributed by atoms with van der Waals surface area (Å²) in [4.78, 5) is 0. The van der Waals surface area contributed by atoms with Gasteiger partial charge in [0.15, 0.2) is 10.6 Å². The Morgan fingerprint density at radius 1 is 1.30 bits per heavy atom. The van der Waals surface area contributed by atoms with Gasteiger partial charge in [-0.15, -0.1) is 0 Å². The summed E-state index contributed by atoms with van der Waals surface area (Å²) in [5.74, 6) is 3.49. The molecule has 2 N–H and O–H groups in total. The molecule has 5 rings (SSSR count). The Kier molecular flexibility index (Phi) is 2.87. The molecule has 1 heterocycles. The second-order valence-electron chi connectivity index (χ2n) is 7.43. The Morgan fingerprint density at radius 2 is 1.85 bits per heavy atom. The van der Waals surface area contributed by atoms with Crippen LogP contribution >= 0.6 is 12.2 Å². The number of hydrogen-bond donors (Lipinski definition) is 2. The van der Waals surface area contributed by atoms with Gasteiger partial charge in [0.05, 0.1) is 0 Å². The van der Waals surface area contributed by atoms with Crippen LogP contribution in [0, 0.1) is 27.9 Å². The van der Waals surface area contributed by atoms with E-state index in [2.05, 4.69) is 21.7 Å². The Balaban J connectivity index is 1.73. The maximum Gasteiger partial charge on any atom is 0.195 e. The molecule has 4 aliphatic carbocycles. The average molecular weight is 293 g/mol. The van der Waals surface area contributed by atoms with Crippen molar-refractivity contribution in [2.45, 2.75) is 58.1 Å². The fourth-order valence-electron chi connectivity index (χ4n) is 5.81. The zero-order chi connectivity index (χ0) is 13.9. The van der Waals surface area contributed by atoms with Crippen molar-refractivity contribution >= 4 is 12.2 Å². The van der Waals surface area contributed by atoms with E-state index in [1.807, 2.05) is 0 Å². The minimum atomic E-state index is -0.0379. The predicted octanol–water partition coefficient (Wildman–Crippen LogP) is 3.21. The molecule has 1 aromatic heterocycles. The predicted molar refractivity (Wildman–Crippen MR) is 78.7 cm³/mol. The molecule has 5 heteroatoms. The lowest BCUT2D eigenvalue weighted by atomic mass is 9.48.